The number of imide groups is 1. The molecule has 92 valence electrons. The number of carbonyl (C=O) groups is 3. The molecule has 1 heterocycles. The Hall–Kier alpha value is -1.95. The van der Waals surface area contributed by atoms with E-state index in [4.69, 9.17) is 5.73 Å². The molecule has 1 rings (SSSR count). The van der Waals surface area contributed by atoms with Crippen LogP contribution in [0.4, 0.5) is 0 Å². The van der Waals surface area contributed by atoms with E-state index in [1.807, 2.05) is 0 Å². The van der Waals surface area contributed by atoms with Crippen molar-refractivity contribution >= 4 is 18.1 Å². The summed E-state index contributed by atoms with van der Waals surface area (Å²) < 4.78 is 0. The number of nitrogens with one attached hydrogen (secondary N) is 1. The molecule has 0 saturated heterocycles. The van der Waals surface area contributed by atoms with Gasteiger partial charge < -0.3 is 10.7 Å². The van der Waals surface area contributed by atoms with Crippen molar-refractivity contribution in [3.8, 4) is 0 Å². The summed E-state index contributed by atoms with van der Waals surface area (Å²) in [5, 5.41) is 0. The third kappa shape index (κ3) is 3.25. The number of H-pyrrole nitrogens is 1. The van der Waals surface area contributed by atoms with Crippen molar-refractivity contribution in [3.63, 3.8) is 0 Å². The number of nitrogens with two attached hydrogens (primary N) is 1. The van der Waals surface area contributed by atoms with Gasteiger partial charge in [-0.2, -0.15) is 0 Å². The number of rotatable bonds is 6. The second-order valence-electron chi connectivity index (χ2n) is 3.59. The number of Topliss-reactive ketones (excluding diaryl/α,β-unsaturated/α-hetero) is 1. The van der Waals surface area contributed by atoms with Gasteiger partial charge in [-0.1, -0.05) is 0 Å². The second-order valence-corrected chi connectivity index (χ2v) is 3.59. The average Bonchev–Trinajstić information content (AvgIpc) is 2.79. The van der Waals surface area contributed by atoms with E-state index in [0.29, 0.717) is 25.1 Å². The van der Waals surface area contributed by atoms with Gasteiger partial charge in [0.25, 0.3) is 5.91 Å². The standard InChI is InChI=1S/C11H15N3O3/c1-8(16)9-3-4-10(13-9)11(17)14(7-15)6-2-5-12/h3-4,7,13H,2,5-6,12H2,1H3. The minimum Gasteiger partial charge on any atom is -0.348 e. The first kappa shape index (κ1) is 13.1. The Morgan fingerprint density at radius 1 is 1.41 bits per heavy atom. The monoisotopic (exact) mass is 237 g/mol. The van der Waals surface area contributed by atoms with Crippen LogP contribution in [0.15, 0.2) is 12.1 Å². The van der Waals surface area contributed by atoms with Gasteiger partial charge in [0.15, 0.2) is 5.78 Å². The maximum absolute atomic E-state index is 11.8. The van der Waals surface area contributed by atoms with Gasteiger partial charge in [0, 0.05) is 13.5 Å². The smallest absolute Gasteiger partial charge is 0.276 e. The van der Waals surface area contributed by atoms with Crippen molar-refractivity contribution in [2.24, 2.45) is 5.73 Å². The van der Waals surface area contributed by atoms with E-state index in [9.17, 15) is 14.4 Å². The molecule has 0 radical (unpaired) electrons. The number of aromatic amines is 1. The van der Waals surface area contributed by atoms with Crippen molar-refractivity contribution in [2.75, 3.05) is 13.1 Å². The first-order chi connectivity index (χ1) is 8.10. The molecule has 0 spiro atoms. The number of nitrogens with zero attached hydrogens (tertiary/aromatic N) is 1. The van der Waals surface area contributed by atoms with Gasteiger partial charge in [0.2, 0.25) is 6.41 Å². The molecule has 0 aliphatic rings. The number of carbonyl (C=O) groups excluding carboxylic acids is 3. The van der Waals surface area contributed by atoms with Gasteiger partial charge in [0.1, 0.15) is 5.69 Å². The van der Waals surface area contributed by atoms with Gasteiger partial charge >= 0.3 is 0 Å². The van der Waals surface area contributed by atoms with E-state index >= 15 is 0 Å². The Balaban J connectivity index is 2.78. The highest BCUT2D eigenvalue weighted by molar-refractivity contribution is 6.00. The normalized spacial score (nSPS) is 10.0. The fourth-order valence-electron chi connectivity index (χ4n) is 1.34. The lowest BCUT2D eigenvalue weighted by Crippen LogP contribution is -2.31. The fourth-order valence-corrected chi connectivity index (χ4v) is 1.34. The zero-order valence-corrected chi connectivity index (χ0v) is 9.60. The summed E-state index contributed by atoms with van der Waals surface area (Å²) in [4.78, 5) is 37.3. The van der Waals surface area contributed by atoms with Gasteiger partial charge in [-0.05, 0) is 25.1 Å². The molecule has 6 heteroatoms. The van der Waals surface area contributed by atoms with E-state index < -0.39 is 5.91 Å². The fraction of sp³-hybridized carbons (Fsp3) is 0.364. The second kappa shape index (κ2) is 5.95. The number of hydrogen-bond donors (Lipinski definition) is 2. The average molecular weight is 237 g/mol. The van der Waals surface area contributed by atoms with Crippen LogP contribution < -0.4 is 5.73 Å². The molecule has 6 nitrogen and oxygen atoms in total. The van der Waals surface area contributed by atoms with Gasteiger partial charge in [-0.15, -0.1) is 0 Å². The summed E-state index contributed by atoms with van der Waals surface area (Å²) in [6.45, 7) is 2.07. The van der Waals surface area contributed by atoms with Crippen LogP contribution in [0.1, 0.15) is 34.3 Å². The molecule has 0 atom stereocenters. The topological polar surface area (TPSA) is 96.3 Å². The molecule has 0 unspecified atom stereocenters. The first-order valence-electron chi connectivity index (χ1n) is 5.26. The number of ketones is 1. The van der Waals surface area contributed by atoms with E-state index in [1.54, 1.807) is 0 Å². The molecule has 0 fully saturated rings. The summed E-state index contributed by atoms with van der Waals surface area (Å²) >= 11 is 0. The number of aromatic nitrogens is 1. The Bertz CT molecular complexity index is 425. The summed E-state index contributed by atoms with van der Waals surface area (Å²) in [6.07, 6.45) is 1.01. The highest BCUT2D eigenvalue weighted by atomic mass is 16.2. The third-order valence-corrected chi connectivity index (χ3v) is 2.29. The summed E-state index contributed by atoms with van der Waals surface area (Å²) in [6, 6.07) is 3.00. The molecule has 17 heavy (non-hydrogen) atoms. The van der Waals surface area contributed by atoms with E-state index in [2.05, 4.69) is 4.98 Å². The molecule has 0 aliphatic heterocycles. The molecule has 0 bridgehead atoms. The van der Waals surface area contributed by atoms with Crippen LogP contribution in [0.2, 0.25) is 0 Å². The van der Waals surface area contributed by atoms with E-state index in [1.165, 1.54) is 19.1 Å². The summed E-state index contributed by atoms with van der Waals surface area (Å²) in [5.41, 5.74) is 5.87. The van der Waals surface area contributed by atoms with Crippen LogP contribution in [0, 0.1) is 0 Å². The Labute approximate surface area is 98.8 Å². The molecule has 0 aromatic carbocycles. The minimum atomic E-state index is -0.457. The number of hydrogen-bond acceptors (Lipinski definition) is 4. The van der Waals surface area contributed by atoms with Crippen molar-refractivity contribution in [3.05, 3.63) is 23.5 Å². The molecule has 2 amide bonds. The molecule has 0 saturated carbocycles. The molecule has 0 aliphatic carbocycles. The predicted molar refractivity (Wildman–Crippen MR) is 61.6 cm³/mol. The maximum atomic E-state index is 11.8. The van der Waals surface area contributed by atoms with Crippen LogP contribution in [-0.4, -0.2) is 41.1 Å². The van der Waals surface area contributed by atoms with Crippen molar-refractivity contribution in [1.82, 2.24) is 9.88 Å². The Kier molecular flexibility index (Phi) is 4.59. The lowest BCUT2D eigenvalue weighted by Gasteiger charge is -2.13. The van der Waals surface area contributed by atoms with Crippen LogP contribution in [0.25, 0.3) is 0 Å². The zero-order valence-electron chi connectivity index (χ0n) is 9.60. The van der Waals surface area contributed by atoms with Gasteiger partial charge in [-0.25, -0.2) is 0 Å². The van der Waals surface area contributed by atoms with Crippen molar-refractivity contribution < 1.29 is 14.4 Å². The van der Waals surface area contributed by atoms with Gasteiger partial charge in [-0.3, -0.25) is 19.3 Å². The first-order valence-corrected chi connectivity index (χ1v) is 5.26. The van der Waals surface area contributed by atoms with Crippen LogP contribution >= 0.6 is 0 Å². The summed E-state index contributed by atoms with van der Waals surface area (Å²) in [7, 11) is 0. The molecule has 1 aromatic rings. The number of amides is 2. The largest absolute Gasteiger partial charge is 0.348 e. The van der Waals surface area contributed by atoms with Crippen molar-refractivity contribution in [1.29, 1.82) is 0 Å². The molecular formula is C11H15N3O3. The molecule has 3 N–H and O–H groups in total. The highest BCUT2D eigenvalue weighted by Gasteiger charge is 2.16. The van der Waals surface area contributed by atoms with Gasteiger partial charge in [0.05, 0.1) is 5.69 Å². The Morgan fingerprint density at radius 2 is 2.06 bits per heavy atom. The zero-order chi connectivity index (χ0) is 12.8. The van der Waals surface area contributed by atoms with Crippen LogP contribution in [-0.2, 0) is 4.79 Å². The third-order valence-electron chi connectivity index (χ3n) is 2.29. The van der Waals surface area contributed by atoms with E-state index in [-0.39, 0.29) is 18.0 Å². The summed E-state index contributed by atoms with van der Waals surface area (Å²) in [5.74, 6) is -0.621. The van der Waals surface area contributed by atoms with Crippen LogP contribution in [0.5, 0.6) is 0 Å². The molecular weight excluding hydrogens is 222 g/mol. The Morgan fingerprint density at radius 3 is 2.53 bits per heavy atom. The van der Waals surface area contributed by atoms with E-state index in [0.717, 1.165) is 4.90 Å². The van der Waals surface area contributed by atoms with Crippen molar-refractivity contribution in [2.45, 2.75) is 13.3 Å². The predicted octanol–water partition coefficient (Wildman–Crippen LogP) is 0.165. The highest BCUT2D eigenvalue weighted by Crippen LogP contribution is 2.06. The minimum absolute atomic E-state index is 0.163. The van der Waals surface area contributed by atoms with Crippen LogP contribution in [0.3, 0.4) is 0 Å². The lowest BCUT2D eigenvalue weighted by atomic mass is 10.3. The lowest BCUT2D eigenvalue weighted by molar-refractivity contribution is -0.116. The molecule has 1 aromatic heterocycles. The maximum Gasteiger partial charge on any atom is 0.276 e. The SMILES string of the molecule is CC(=O)c1ccc(C(=O)N(C=O)CCCN)[nH]1. The quantitative estimate of drug-likeness (QED) is 0.544.